The van der Waals surface area contributed by atoms with E-state index in [1.807, 2.05) is 121 Å². The second kappa shape index (κ2) is 22.8. The van der Waals surface area contributed by atoms with E-state index in [9.17, 15) is 0 Å². The van der Waals surface area contributed by atoms with Crippen molar-refractivity contribution in [2.45, 2.75) is 0 Å². The minimum Gasteiger partial charge on any atom is -0.358 e. The topological polar surface area (TPSA) is 0 Å². The number of benzene rings is 4. The Bertz CT molecular complexity index is 420. The van der Waals surface area contributed by atoms with Crippen LogP contribution in [0.15, 0.2) is 121 Å². The van der Waals surface area contributed by atoms with Crippen LogP contribution in [0.1, 0.15) is 0 Å². The molecule has 0 unspecified atom stereocenters. The molecule has 0 radical (unpaired) electrons. The van der Waals surface area contributed by atoms with E-state index in [1.54, 1.807) is 0 Å². The maximum absolute atomic E-state index is 2.89. The number of hydrogen-bond acceptors (Lipinski definition) is 0. The molecule has 0 amide bonds. The zero-order chi connectivity index (χ0) is 17.0. The fourth-order valence-electron chi connectivity index (χ4n) is 1.37. The van der Waals surface area contributed by atoms with Gasteiger partial charge in [0.2, 0.25) is 0 Å². The van der Waals surface area contributed by atoms with Gasteiger partial charge in [0, 0.05) is 25.8 Å². The molecule has 0 aliphatic heterocycles. The maximum Gasteiger partial charge on any atom is 0 e. The average Bonchev–Trinajstić information content (AvgIpc) is 2.75. The summed E-state index contributed by atoms with van der Waals surface area (Å²) in [6.07, 6.45) is 0. The SMILES string of the molecule is [CH3-].[Hf].[c-]1ccccc1.[c-]1ccccc1.[c-]1ccccc1.[c-]1ccccc1. The molecule has 4 rings (SSSR count). The minimum atomic E-state index is 0. The van der Waals surface area contributed by atoms with Gasteiger partial charge in [0.05, 0.1) is 0 Å². The summed E-state index contributed by atoms with van der Waals surface area (Å²) in [4.78, 5) is 0. The fraction of sp³-hybridized carbons (Fsp3) is 0. The monoisotopic (exact) mass is 503 g/mol. The third-order valence-corrected chi connectivity index (χ3v) is 2.43. The summed E-state index contributed by atoms with van der Waals surface area (Å²) >= 11 is 0. The molecule has 0 saturated carbocycles. The summed E-state index contributed by atoms with van der Waals surface area (Å²) in [6, 6.07) is 50.0. The van der Waals surface area contributed by atoms with E-state index >= 15 is 0 Å². The smallest absolute Gasteiger partial charge is 0 e. The predicted octanol–water partition coefficient (Wildman–Crippen LogP) is 6.39. The Kier molecular flexibility index (Phi) is 22.7. The molecule has 0 aromatic heterocycles. The third-order valence-electron chi connectivity index (χ3n) is 2.43. The van der Waals surface area contributed by atoms with Gasteiger partial charge in [-0.2, -0.15) is 146 Å². The first-order chi connectivity index (χ1) is 12.0. The van der Waals surface area contributed by atoms with E-state index in [2.05, 4.69) is 24.3 Å². The van der Waals surface area contributed by atoms with Crippen LogP contribution in [0.5, 0.6) is 0 Å². The second-order valence-corrected chi connectivity index (χ2v) is 4.31. The zero-order valence-electron chi connectivity index (χ0n) is 15.0. The Labute approximate surface area is 178 Å². The van der Waals surface area contributed by atoms with Gasteiger partial charge in [-0.3, -0.25) is 0 Å². The molecular weight excluding hydrogens is 479 g/mol. The molecule has 0 fully saturated rings. The molecule has 4 aromatic rings. The van der Waals surface area contributed by atoms with Gasteiger partial charge in [0.25, 0.3) is 0 Å². The first-order valence-electron chi connectivity index (χ1n) is 7.64. The molecule has 0 nitrogen and oxygen atoms in total. The second-order valence-electron chi connectivity index (χ2n) is 4.31. The van der Waals surface area contributed by atoms with Crippen LogP contribution in [0.2, 0.25) is 0 Å². The van der Waals surface area contributed by atoms with Crippen LogP contribution in [0, 0.1) is 31.7 Å². The van der Waals surface area contributed by atoms with Crippen molar-refractivity contribution < 1.29 is 25.8 Å². The van der Waals surface area contributed by atoms with E-state index in [4.69, 9.17) is 0 Å². The van der Waals surface area contributed by atoms with Crippen LogP contribution >= 0.6 is 0 Å². The van der Waals surface area contributed by atoms with Gasteiger partial charge >= 0.3 is 0 Å². The molecular formula is C25H23Hf-5. The summed E-state index contributed by atoms with van der Waals surface area (Å²) < 4.78 is 0. The van der Waals surface area contributed by atoms with Crippen LogP contribution in [0.25, 0.3) is 0 Å². The zero-order valence-corrected chi connectivity index (χ0v) is 18.6. The van der Waals surface area contributed by atoms with Gasteiger partial charge in [0.1, 0.15) is 0 Å². The van der Waals surface area contributed by atoms with Crippen molar-refractivity contribution in [2.75, 3.05) is 0 Å². The van der Waals surface area contributed by atoms with Crippen LogP contribution in [-0.4, -0.2) is 0 Å². The van der Waals surface area contributed by atoms with Gasteiger partial charge in [-0.1, -0.05) is 0 Å². The Morgan fingerprint density at radius 2 is 0.423 bits per heavy atom. The van der Waals surface area contributed by atoms with E-state index in [0.717, 1.165) is 0 Å². The molecule has 0 atom stereocenters. The van der Waals surface area contributed by atoms with E-state index in [1.165, 1.54) is 0 Å². The van der Waals surface area contributed by atoms with Crippen molar-refractivity contribution in [1.82, 2.24) is 0 Å². The van der Waals surface area contributed by atoms with Gasteiger partial charge < -0.3 is 7.43 Å². The average molecular weight is 502 g/mol. The predicted molar refractivity (Wildman–Crippen MR) is 108 cm³/mol. The molecule has 132 valence electrons. The molecule has 0 spiro atoms. The molecule has 0 aliphatic rings. The summed E-state index contributed by atoms with van der Waals surface area (Å²) in [6.45, 7) is 0. The van der Waals surface area contributed by atoms with Crippen LogP contribution in [-0.2, 0) is 25.8 Å². The Morgan fingerprint density at radius 1 is 0.269 bits per heavy atom. The first-order valence-corrected chi connectivity index (χ1v) is 7.64. The van der Waals surface area contributed by atoms with Crippen molar-refractivity contribution >= 4 is 0 Å². The van der Waals surface area contributed by atoms with E-state index in [0.29, 0.717) is 0 Å². The first kappa shape index (κ1) is 26.0. The fourth-order valence-corrected chi connectivity index (χ4v) is 1.37. The molecule has 26 heavy (non-hydrogen) atoms. The van der Waals surface area contributed by atoms with Gasteiger partial charge in [0.15, 0.2) is 0 Å². The summed E-state index contributed by atoms with van der Waals surface area (Å²) in [5.41, 5.74) is 0. The quantitative estimate of drug-likeness (QED) is 0.193. The summed E-state index contributed by atoms with van der Waals surface area (Å²) in [5.74, 6) is 0. The molecule has 0 heterocycles. The third kappa shape index (κ3) is 19.8. The maximum atomic E-state index is 2.89. The minimum absolute atomic E-state index is 0. The Morgan fingerprint density at radius 3 is 0.462 bits per heavy atom. The van der Waals surface area contributed by atoms with Crippen molar-refractivity contribution in [1.29, 1.82) is 0 Å². The number of rotatable bonds is 0. The van der Waals surface area contributed by atoms with Gasteiger partial charge in [-0.25, -0.2) is 0 Å². The number of hydrogen-bond donors (Lipinski definition) is 0. The summed E-state index contributed by atoms with van der Waals surface area (Å²) in [5, 5.41) is 0. The summed E-state index contributed by atoms with van der Waals surface area (Å²) in [7, 11) is 0. The van der Waals surface area contributed by atoms with Crippen molar-refractivity contribution in [3.05, 3.63) is 153 Å². The van der Waals surface area contributed by atoms with E-state index < -0.39 is 0 Å². The van der Waals surface area contributed by atoms with Crippen LogP contribution < -0.4 is 0 Å². The Hall–Kier alpha value is -2.25. The van der Waals surface area contributed by atoms with Crippen molar-refractivity contribution in [3.63, 3.8) is 0 Å². The molecule has 0 saturated heterocycles. The van der Waals surface area contributed by atoms with Gasteiger partial charge in [-0.05, 0) is 0 Å². The molecule has 4 aromatic carbocycles. The standard InChI is InChI=1S/4C6H5.CH3.Hf/c4*1-2-4-6-5-3-1;;/h4*1-5H;1H3;/q5*-1;. The van der Waals surface area contributed by atoms with Crippen LogP contribution in [0.4, 0.5) is 0 Å². The molecule has 0 N–H and O–H groups in total. The molecule has 0 aliphatic carbocycles. The van der Waals surface area contributed by atoms with Crippen LogP contribution in [0.3, 0.4) is 0 Å². The van der Waals surface area contributed by atoms with Crippen molar-refractivity contribution in [2.24, 2.45) is 0 Å². The van der Waals surface area contributed by atoms with E-state index in [-0.39, 0.29) is 33.3 Å². The van der Waals surface area contributed by atoms with Gasteiger partial charge in [-0.15, -0.1) is 0 Å². The largest absolute Gasteiger partial charge is 0.358 e. The van der Waals surface area contributed by atoms with Crippen molar-refractivity contribution in [3.8, 4) is 0 Å². The molecule has 0 bridgehead atoms. The molecule has 1 heteroatoms. The Balaban J connectivity index is 0. The normalized spacial score (nSPS) is 7.38.